The average Bonchev–Trinajstić information content (AvgIpc) is 2.26. The highest BCUT2D eigenvalue weighted by Crippen LogP contribution is 2.34. The van der Waals surface area contributed by atoms with Crippen molar-refractivity contribution in [1.82, 2.24) is 0 Å². The van der Waals surface area contributed by atoms with Gasteiger partial charge in [0.2, 0.25) is 0 Å². The summed E-state index contributed by atoms with van der Waals surface area (Å²) in [7, 11) is 0. The molecule has 0 fully saturated rings. The number of benzene rings is 1. The first-order valence-corrected chi connectivity index (χ1v) is 6.50. The van der Waals surface area contributed by atoms with Crippen molar-refractivity contribution in [3.8, 4) is 0 Å². The molecule has 0 saturated carbocycles. The third-order valence-electron chi connectivity index (χ3n) is 2.74. The van der Waals surface area contributed by atoms with Crippen molar-refractivity contribution in [1.29, 1.82) is 0 Å². The zero-order valence-corrected chi connectivity index (χ0v) is 11.3. The Morgan fingerprint density at radius 3 is 2.35 bits per heavy atom. The molecule has 0 aliphatic heterocycles. The van der Waals surface area contributed by atoms with Crippen LogP contribution in [0.3, 0.4) is 0 Å². The van der Waals surface area contributed by atoms with Crippen LogP contribution in [0.25, 0.3) is 0 Å². The standard InChI is InChI=1S/C13H16Cl2O2/c1-2-3-4-6-9(13(16)17)12-10(14)7-5-8-11(12)15/h5,7-9H,2-4,6H2,1H3,(H,16,17)/t9-/m0/s1. The fourth-order valence-corrected chi connectivity index (χ4v) is 2.49. The van der Waals surface area contributed by atoms with E-state index in [0.717, 1.165) is 19.3 Å². The third kappa shape index (κ3) is 3.90. The molecule has 1 aromatic rings. The molecule has 1 rings (SSSR count). The third-order valence-corrected chi connectivity index (χ3v) is 3.40. The SMILES string of the molecule is CCCCC[C@H](C(=O)O)c1c(Cl)cccc1Cl. The molecule has 1 atom stereocenters. The lowest BCUT2D eigenvalue weighted by Crippen LogP contribution is -2.12. The molecule has 0 spiro atoms. The fraction of sp³-hybridized carbons (Fsp3) is 0.462. The van der Waals surface area contributed by atoms with E-state index in [1.54, 1.807) is 18.2 Å². The summed E-state index contributed by atoms with van der Waals surface area (Å²) in [4.78, 5) is 11.3. The quantitative estimate of drug-likeness (QED) is 0.761. The van der Waals surface area contributed by atoms with Gasteiger partial charge in [-0.05, 0) is 18.6 Å². The second-order valence-electron chi connectivity index (χ2n) is 4.02. The molecule has 0 heterocycles. The van der Waals surface area contributed by atoms with Gasteiger partial charge in [-0.3, -0.25) is 4.79 Å². The zero-order valence-electron chi connectivity index (χ0n) is 9.75. The largest absolute Gasteiger partial charge is 0.481 e. The van der Waals surface area contributed by atoms with Gasteiger partial charge in [-0.2, -0.15) is 0 Å². The van der Waals surface area contributed by atoms with Gasteiger partial charge in [-0.25, -0.2) is 0 Å². The molecule has 0 unspecified atom stereocenters. The topological polar surface area (TPSA) is 37.3 Å². The molecule has 0 amide bonds. The van der Waals surface area contributed by atoms with Gasteiger partial charge in [0.25, 0.3) is 0 Å². The van der Waals surface area contributed by atoms with Crippen LogP contribution in [0, 0.1) is 0 Å². The predicted octanol–water partition coefficient (Wildman–Crippen LogP) is 4.74. The van der Waals surface area contributed by atoms with Gasteiger partial charge < -0.3 is 5.11 Å². The minimum atomic E-state index is -0.865. The van der Waals surface area contributed by atoms with Crippen molar-refractivity contribution in [2.24, 2.45) is 0 Å². The molecule has 94 valence electrons. The molecule has 0 aromatic heterocycles. The summed E-state index contributed by atoms with van der Waals surface area (Å²) < 4.78 is 0. The molecule has 1 N–H and O–H groups in total. The Kier molecular flexibility index (Phi) is 5.79. The number of halogens is 2. The van der Waals surface area contributed by atoms with E-state index in [0.29, 0.717) is 22.0 Å². The highest BCUT2D eigenvalue weighted by atomic mass is 35.5. The van der Waals surface area contributed by atoms with Crippen molar-refractivity contribution in [3.63, 3.8) is 0 Å². The predicted molar refractivity (Wildman–Crippen MR) is 71.0 cm³/mol. The maximum absolute atomic E-state index is 11.3. The summed E-state index contributed by atoms with van der Waals surface area (Å²) in [5.41, 5.74) is 0.541. The molecule has 4 heteroatoms. The highest BCUT2D eigenvalue weighted by molar-refractivity contribution is 6.36. The Hall–Kier alpha value is -0.730. The van der Waals surface area contributed by atoms with Gasteiger partial charge in [0.1, 0.15) is 0 Å². The normalized spacial score (nSPS) is 12.4. The second-order valence-corrected chi connectivity index (χ2v) is 4.84. The van der Waals surface area contributed by atoms with Crippen molar-refractivity contribution >= 4 is 29.2 Å². The molecule has 0 radical (unpaired) electrons. The van der Waals surface area contributed by atoms with Crippen LogP contribution in [0.2, 0.25) is 10.0 Å². The van der Waals surface area contributed by atoms with Crippen LogP contribution in [-0.2, 0) is 4.79 Å². The Morgan fingerprint density at radius 2 is 1.88 bits per heavy atom. The van der Waals surface area contributed by atoms with E-state index in [2.05, 4.69) is 6.92 Å². The Labute approximate surface area is 112 Å². The molecule has 1 aromatic carbocycles. The summed E-state index contributed by atoms with van der Waals surface area (Å²) in [6.07, 6.45) is 3.52. The Bertz CT molecular complexity index is 371. The number of hydrogen-bond donors (Lipinski definition) is 1. The maximum atomic E-state index is 11.3. The van der Waals surface area contributed by atoms with Crippen molar-refractivity contribution in [2.75, 3.05) is 0 Å². The average molecular weight is 275 g/mol. The first kappa shape index (κ1) is 14.3. The molecular formula is C13H16Cl2O2. The molecule has 2 nitrogen and oxygen atoms in total. The number of carboxylic acid groups (broad SMARTS) is 1. The van der Waals surface area contributed by atoms with E-state index in [-0.39, 0.29) is 0 Å². The van der Waals surface area contributed by atoms with Gasteiger partial charge in [-0.15, -0.1) is 0 Å². The smallest absolute Gasteiger partial charge is 0.311 e. The van der Waals surface area contributed by atoms with Crippen LogP contribution in [0.5, 0.6) is 0 Å². The number of rotatable bonds is 6. The van der Waals surface area contributed by atoms with Crippen LogP contribution in [0.1, 0.15) is 44.1 Å². The minimum absolute atomic E-state index is 0.432. The van der Waals surface area contributed by atoms with E-state index in [1.165, 1.54) is 0 Å². The molecule has 0 aliphatic carbocycles. The van der Waals surface area contributed by atoms with E-state index >= 15 is 0 Å². The summed E-state index contributed by atoms with van der Waals surface area (Å²) in [5, 5.41) is 10.1. The second kappa shape index (κ2) is 6.87. The summed E-state index contributed by atoms with van der Waals surface area (Å²) >= 11 is 12.1. The fourth-order valence-electron chi connectivity index (χ4n) is 1.83. The number of aliphatic carboxylic acids is 1. The Morgan fingerprint density at radius 1 is 1.29 bits per heavy atom. The summed E-state index contributed by atoms with van der Waals surface area (Å²) in [5.74, 6) is -1.47. The van der Waals surface area contributed by atoms with Gasteiger partial charge in [0.05, 0.1) is 5.92 Å². The molecular weight excluding hydrogens is 259 g/mol. The number of unbranched alkanes of at least 4 members (excludes halogenated alkanes) is 2. The first-order valence-electron chi connectivity index (χ1n) is 5.74. The van der Waals surface area contributed by atoms with Crippen LogP contribution in [0.4, 0.5) is 0 Å². The highest BCUT2D eigenvalue weighted by Gasteiger charge is 2.24. The van der Waals surface area contributed by atoms with Crippen molar-refractivity contribution in [3.05, 3.63) is 33.8 Å². The van der Waals surface area contributed by atoms with Crippen LogP contribution in [0.15, 0.2) is 18.2 Å². The van der Waals surface area contributed by atoms with Gasteiger partial charge in [-0.1, -0.05) is 55.5 Å². The number of carboxylic acids is 1. The van der Waals surface area contributed by atoms with Gasteiger partial charge >= 0.3 is 5.97 Å². The molecule has 0 bridgehead atoms. The summed E-state index contributed by atoms with van der Waals surface area (Å²) in [6.45, 7) is 2.08. The zero-order chi connectivity index (χ0) is 12.8. The monoisotopic (exact) mass is 274 g/mol. The lowest BCUT2D eigenvalue weighted by Gasteiger charge is -2.15. The summed E-state index contributed by atoms with van der Waals surface area (Å²) in [6, 6.07) is 5.08. The van der Waals surface area contributed by atoms with Crippen molar-refractivity contribution in [2.45, 2.75) is 38.5 Å². The molecule has 17 heavy (non-hydrogen) atoms. The van der Waals surface area contributed by atoms with Crippen LogP contribution >= 0.6 is 23.2 Å². The number of carbonyl (C=O) groups is 1. The van der Waals surface area contributed by atoms with E-state index in [9.17, 15) is 9.90 Å². The van der Waals surface area contributed by atoms with Crippen LogP contribution in [-0.4, -0.2) is 11.1 Å². The van der Waals surface area contributed by atoms with Crippen molar-refractivity contribution < 1.29 is 9.90 Å². The van der Waals surface area contributed by atoms with Gasteiger partial charge in [0.15, 0.2) is 0 Å². The van der Waals surface area contributed by atoms with Crippen LogP contribution < -0.4 is 0 Å². The first-order chi connectivity index (χ1) is 8.07. The maximum Gasteiger partial charge on any atom is 0.311 e. The number of hydrogen-bond acceptors (Lipinski definition) is 1. The Balaban J connectivity index is 2.93. The minimum Gasteiger partial charge on any atom is -0.481 e. The van der Waals surface area contributed by atoms with E-state index in [4.69, 9.17) is 23.2 Å². The lowest BCUT2D eigenvalue weighted by atomic mass is 9.93. The van der Waals surface area contributed by atoms with Gasteiger partial charge in [0, 0.05) is 15.6 Å². The molecule has 0 saturated heterocycles. The lowest BCUT2D eigenvalue weighted by molar-refractivity contribution is -0.139. The van der Waals surface area contributed by atoms with E-state index < -0.39 is 11.9 Å². The van der Waals surface area contributed by atoms with E-state index in [1.807, 2.05) is 0 Å². The molecule has 0 aliphatic rings.